The molecule has 1 N–H and O–H groups in total. The predicted molar refractivity (Wildman–Crippen MR) is 89.9 cm³/mol. The zero-order chi connectivity index (χ0) is 14.8. The van der Waals surface area contributed by atoms with Gasteiger partial charge in [0.2, 0.25) is 0 Å². The molecule has 0 aliphatic carbocycles. The molecule has 0 saturated carbocycles. The van der Waals surface area contributed by atoms with Crippen LogP contribution in [0.25, 0.3) is 5.69 Å². The van der Waals surface area contributed by atoms with Crippen LogP contribution in [0.4, 0.5) is 5.69 Å². The van der Waals surface area contributed by atoms with Gasteiger partial charge in [-0.3, -0.25) is 0 Å². The average Bonchev–Trinajstić information content (AvgIpc) is 3.09. The zero-order valence-electron chi connectivity index (χ0n) is 11.3. The summed E-state index contributed by atoms with van der Waals surface area (Å²) in [6.07, 6.45) is 3.68. The topological polar surface area (TPSA) is 29.9 Å². The van der Waals surface area contributed by atoms with E-state index in [1.54, 1.807) is 6.20 Å². The fourth-order valence-electron chi connectivity index (χ4n) is 2.11. The van der Waals surface area contributed by atoms with E-state index in [4.69, 9.17) is 23.2 Å². The van der Waals surface area contributed by atoms with Crippen molar-refractivity contribution in [2.75, 3.05) is 5.32 Å². The molecular formula is C15H13Cl2N3S. The number of rotatable bonds is 4. The van der Waals surface area contributed by atoms with Gasteiger partial charge in [0.05, 0.1) is 20.4 Å². The van der Waals surface area contributed by atoms with Crippen molar-refractivity contribution >= 4 is 40.2 Å². The molecule has 0 bridgehead atoms. The van der Waals surface area contributed by atoms with Crippen LogP contribution in [0, 0.1) is 0 Å². The Kier molecular flexibility index (Phi) is 4.19. The molecule has 3 nitrogen and oxygen atoms in total. The maximum absolute atomic E-state index is 6.18. The van der Waals surface area contributed by atoms with Crippen LogP contribution < -0.4 is 5.32 Å². The molecule has 0 amide bonds. The number of benzene rings is 1. The number of nitrogens with one attached hydrogen (secondary N) is 1. The Labute approximate surface area is 137 Å². The molecule has 1 atom stereocenters. The van der Waals surface area contributed by atoms with Crippen molar-refractivity contribution in [3.05, 3.63) is 63.0 Å². The van der Waals surface area contributed by atoms with E-state index < -0.39 is 0 Å². The van der Waals surface area contributed by atoms with Crippen LogP contribution in [0.5, 0.6) is 0 Å². The Balaban J connectivity index is 1.74. The third-order valence-corrected chi connectivity index (χ3v) is 4.69. The van der Waals surface area contributed by atoms with Crippen molar-refractivity contribution in [3.63, 3.8) is 0 Å². The van der Waals surface area contributed by atoms with Gasteiger partial charge in [0, 0.05) is 23.6 Å². The number of nitrogens with zero attached hydrogens (tertiary/aromatic N) is 2. The standard InChI is InChI=1S/C15H13Cl2N3S/c1-10(13-9-14(16)21-15(13)17)19-11-3-5-12(6-4-11)20-8-2-7-18-20/h2-10,19H,1H3. The van der Waals surface area contributed by atoms with Gasteiger partial charge in [-0.15, -0.1) is 11.3 Å². The first-order valence-corrected chi connectivity index (χ1v) is 8.02. The molecule has 3 rings (SSSR count). The van der Waals surface area contributed by atoms with Gasteiger partial charge >= 0.3 is 0 Å². The number of thiophene rings is 1. The monoisotopic (exact) mass is 337 g/mol. The largest absolute Gasteiger partial charge is 0.378 e. The Morgan fingerprint density at radius 3 is 2.57 bits per heavy atom. The SMILES string of the molecule is CC(Nc1ccc(-n2cccn2)cc1)c1cc(Cl)sc1Cl. The fourth-order valence-corrected chi connectivity index (χ4v) is 3.75. The molecule has 21 heavy (non-hydrogen) atoms. The van der Waals surface area contributed by atoms with E-state index in [9.17, 15) is 0 Å². The Bertz CT molecular complexity index is 720. The lowest BCUT2D eigenvalue weighted by Gasteiger charge is -2.15. The molecule has 1 unspecified atom stereocenters. The lowest BCUT2D eigenvalue weighted by Crippen LogP contribution is -2.06. The molecule has 0 spiro atoms. The molecule has 0 aliphatic rings. The summed E-state index contributed by atoms with van der Waals surface area (Å²) in [5, 5.41) is 7.62. The summed E-state index contributed by atoms with van der Waals surface area (Å²) in [6, 6.07) is 12.0. The molecule has 2 aromatic heterocycles. The van der Waals surface area contributed by atoms with Gasteiger partial charge in [0.15, 0.2) is 0 Å². The highest BCUT2D eigenvalue weighted by molar-refractivity contribution is 7.20. The third-order valence-electron chi connectivity index (χ3n) is 3.17. The van der Waals surface area contributed by atoms with Crippen molar-refractivity contribution in [1.29, 1.82) is 0 Å². The van der Waals surface area contributed by atoms with Crippen LogP contribution in [0.3, 0.4) is 0 Å². The maximum Gasteiger partial charge on any atom is 0.0996 e. The van der Waals surface area contributed by atoms with E-state index in [1.807, 2.05) is 47.3 Å². The Morgan fingerprint density at radius 1 is 1.24 bits per heavy atom. The summed E-state index contributed by atoms with van der Waals surface area (Å²) >= 11 is 13.6. The van der Waals surface area contributed by atoms with Crippen LogP contribution in [0.2, 0.25) is 8.67 Å². The summed E-state index contributed by atoms with van der Waals surface area (Å²) in [7, 11) is 0. The molecular weight excluding hydrogens is 325 g/mol. The Morgan fingerprint density at radius 2 is 2.00 bits per heavy atom. The number of hydrogen-bond donors (Lipinski definition) is 1. The van der Waals surface area contributed by atoms with Crippen LogP contribution in [-0.4, -0.2) is 9.78 Å². The minimum Gasteiger partial charge on any atom is -0.378 e. The molecule has 0 fully saturated rings. The molecule has 0 radical (unpaired) electrons. The lowest BCUT2D eigenvalue weighted by molar-refractivity contribution is 0.875. The van der Waals surface area contributed by atoms with Crippen LogP contribution in [-0.2, 0) is 0 Å². The van der Waals surface area contributed by atoms with Crippen molar-refractivity contribution in [3.8, 4) is 5.69 Å². The molecule has 6 heteroatoms. The first-order chi connectivity index (χ1) is 10.1. The van der Waals surface area contributed by atoms with E-state index in [2.05, 4.69) is 17.3 Å². The minimum absolute atomic E-state index is 0.0943. The molecule has 1 aromatic carbocycles. The molecule has 0 aliphatic heterocycles. The van der Waals surface area contributed by atoms with Gasteiger partial charge in [-0.05, 0) is 43.3 Å². The van der Waals surface area contributed by atoms with Crippen molar-refractivity contribution in [2.24, 2.45) is 0 Å². The molecule has 2 heterocycles. The van der Waals surface area contributed by atoms with Gasteiger partial charge < -0.3 is 5.32 Å². The molecule has 0 saturated heterocycles. The number of anilines is 1. The van der Waals surface area contributed by atoms with E-state index in [1.165, 1.54) is 11.3 Å². The number of aromatic nitrogens is 2. The van der Waals surface area contributed by atoms with E-state index in [0.717, 1.165) is 21.3 Å². The summed E-state index contributed by atoms with van der Waals surface area (Å²) in [6.45, 7) is 2.06. The smallest absolute Gasteiger partial charge is 0.0996 e. The van der Waals surface area contributed by atoms with Crippen LogP contribution >= 0.6 is 34.5 Å². The minimum atomic E-state index is 0.0943. The highest BCUT2D eigenvalue weighted by atomic mass is 35.5. The molecule has 108 valence electrons. The van der Waals surface area contributed by atoms with E-state index in [0.29, 0.717) is 4.34 Å². The van der Waals surface area contributed by atoms with Crippen LogP contribution in [0.15, 0.2) is 48.8 Å². The van der Waals surface area contributed by atoms with Crippen molar-refractivity contribution < 1.29 is 0 Å². The van der Waals surface area contributed by atoms with Gasteiger partial charge in [-0.25, -0.2) is 4.68 Å². The summed E-state index contributed by atoms with van der Waals surface area (Å²) in [5.41, 5.74) is 3.06. The normalized spacial score (nSPS) is 12.3. The van der Waals surface area contributed by atoms with E-state index in [-0.39, 0.29) is 6.04 Å². The second-order valence-electron chi connectivity index (χ2n) is 4.64. The van der Waals surface area contributed by atoms with Gasteiger partial charge in [-0.1, -0.05) is 23.2 Å². The number of halogens is 2. The molecule has 3 aromatic rings. The zero-order valence-corrected chi connectivity index (χ0v) is 13.6. The van der Waals surface area contributed by atoms with Gasteiger partial charge in [0.1, 0.15) is 0 Å². The maximum atomic E-state index is 6.18. The Hall–Kier alpha value is -1.49. The average molecular weight is 338 g/mol. The summed E-state index contributed by atoms with van der Waals surface area (Å²) < 4.78 is 3.26. The predicted octanol–water partition coefficient (Wildman–Crippen LogP) is 5.41. The second-order valence-corrected chi connectivity index (χ2v) is 6.93. The number of hydrogen-bond acceptors (Lipinski definition) is 3. The third kappa shape index (κ3) is 3.23. The summed E-state index contributed by atoms with van der Waals surface area (Å²) in [5.74, 6) is 0. The first kappa shape index (κ1) is 14.4. The second kappa shape index (κ2) is 6.10. The van der Waals surface area contributed by atoms with Crippen LogP contribution in [0.1, 0.15) is 18.5 Å². The quantitative estimate of drug-likeness (QED) is 0.689. The first-order valence-electron chi connectivity index (χ1n) is 6.45. The van der Waals surface area contributed by atoms with Gasteiger partial charge in [-0.2, -0.15) is 5.10 Å². The highest BCUT2D eigenvalue weighted by Crippen LogP contribution is 2.36. The lowest BCUT2D eigenvalue weighted by atomic mass is 10.1. The van der Waals surface area contributed by atoms with E-state index >= 15 is 0 Å². The summed E-state index contributed by atoms with van der Waals surface area (Å²) in [4.78, 5) is 0. The van der Waals surface area contributed by atoms with Gasteiger partial charge in [0.25, 0.3) is 0 Å². The van der Waals surface area contributed by atoms with Crippen molar-refractivity contribution in [1.82, 2.24) is 9.78 Å². The van der Waals surface area contributed by atoms with Crippen molar-refractivity contribution in [2.45, 2.75) is 13.0 Å². The fraction of sp³-hybridized carbons (Fsp3) is 0.133. The highest BCUT2D eigenvalue weighted by Gasteiger charge is 2.13.